The van der Waals surface area contributed by atoms with Gasteiger partial charge in [-0.1, -0.05) is 53.6 Å². The van der Waals surface area contributed by atoms with E-state index in [0.29, 0.717) is 6.42 Å². The second kappa shape index (κ2) is 8.24. The fourth-order valence-corrected chi connectivity index (χ4v) is 4.07. The minimum absolute atomic E-state index is 0.0507. The summed E-state index contributed by atoms with van der Waals surface area (Å²) in [6.07, 6.45) is 2.46. The van der Waals surface area contributed by atoms with E-state index in [9.17, 15) is 4.79 Å². The van der Waals surface area contributed by atoms with Gasteiger partial charge in [0.05, 0.1) is 4.75 Å². The third-order valence-electron chi connectivity index (χ3n) is 5.45. The van der Waals surface area contributed by atoms with Gasteiger partial charge in [-0.05, 0) is 77.2 Å². The maximum Gasteiger partial charge on any atom is 0.160 e. The van der Waals surface area contributed by atoms with Crippen LogP contribution in [-0.4, -0.2) is 11.5 Å². The van der Waals surface area contributed by atoms with E-state index in [1.807, 2.05) is 64.1 Å². The SMILES string of the molecule is C/C=C(\CC(S)(c1cc(C)cc(C)c1)C(C)(C)F)c1ccc(C(C)=O)c(C)c1. The van der Waals surface area contributed by atoms with E-state index in [4.69, 9.17) is 12.6 Å². The molecule has 0 radical (unpaired) electrons. The Labute approximate surface area is 174 Å². The summed E-state index contributed by atoms with van der Waals surface area (Å²) in [6, 6.07) is 11.9. The maximum atomic E-state index is 15.5. The van der Waals surface area contributed by atoms with Gasteiger partial charge in [-0.3, -0.25) is 4.79 Å². The summed E-state index contributed by atoms with van der Waals surface area (Å²) in [4.78, 5) is 11.7. The van der Waals surface area contributed by atoms with Gasteiger partial charge in [-0.25, -0.2) is 4.39 Å². The Morgan fingerprint density at radius 3 is 2.07 bits per heavy atom. The van der Waals surface area contributed by atoms with Crippen LogP contribution in [0, 0.1) is 20.8 Å². The van der Waals surface area contributed by atoms with Crippen molar-refractivity contribution in [2.24, 2.45) is 0 Å². The van der Waals surface area contributed by atoms with Crippen molar-refractivity contribution >= 4 is 24.0 Å². The number of allylic oxidation sites excluding steroid dienone is 2. The van der Waals surface area contributed by atoms with Crippen LogP contribution in [0.4, 0.5) is 4.39 Å². The number of carbonyl (C=O) groups excluding carboxylic acids is 1. The molecule has 0 spiro atoms. The molecule has 0 aliphatic carbocycles. The van der Waals surface area contributed by atoms with E-state index in [1.54, 1.807) is 20.8 Å². The summed E-state index contributed by atoms with van der Waals surface area (Å²) in [7, 11) is 0. The third kappa shape index (κ3) is 4.57. The number of carbonyl (C=O) groups is 1. The highest BCUT2D eigenvalue weighted by Gasteiger charge is 2.45. The van der Waals surface area contributed by atoms with Gasteiger partial charge in [0.25, 0.3) is 0 Å². The van der Waals surface area contributed by atoms with Gasteiger partial charge in [0.1, 0.15) is 5.67 Å². The van der Waals surface area contributed by atoms with Gasteiger partial charge in [0.2, 0.25) is 0 Å². The summed E-state index contributed by atoms with van der Waals surface area (Å²) in [5.41, 5.74) is 5.20. The molecule has 2 aromatic carbocycles. The number of Topliss-reactive ketones (excluding diaryl/α,β-unsaturated/α-hetero) is 1. The standard InChI is InChI=1S/C25H31FOS/c1-8-20(21-9-10-23(19(5)27)18(4)14-21)15-25(28,24(6,7)26)22-12-16(2)11-17(3)13-22/h8-14,28H,15H2,1-7H3/b20-8+. The topological polar surface area (TPSA) is 17.1 Å². The number of aryl methyl sites for hydroxylation is 3. The predicted octanol–water partition coefficient (Wildman–Crippen LogP) is 7.18. The highest BCUT2D eigenvalue weighted by Crippen LogP contribution is 2.48. The normalized spacial score (nSPS) is 14.7. The lowest BCUT2D eigenvalue weighted by atomic mass is 9.77. The van der Waals surface area contributed by atoms with Crippen LogP contribution in [-0.2, 0) is 4.75 Å². The van der Waals surface area contributed by atoms with E-state index < -0.39 is 10.4 Å². The zero-order valence-electron chi connectivity index (χ0n) is 18.0. The number of benzene rings is 2. The number of hydrogen-bond acceptors (Lipinski definition) is 2. The highest BCUT2D eigenvalue weighted by molar-refractivity contribution is 7.81. The summed E-state index contributed by atoms with van der Waals surface area (Å²) < 4.78 is 14.5. The van der Waals surface area contributed by atoms with Crippen LogP contribution in [0.1, 0.15) is 72.3 Å². The summed E-state index contributed by atoms with van der Waals surface area (Å²) in [5, 5.41) is 0. The van der Waals surface area contributed by atoms with E-state index in [0.717, 1.165) is 39.0 Å². The summed E-state index contributed by atoms with van der Waals surface area (Å²) in [6.45, 7) is 12.7. The molecule has 0 aliphatic rings. The first kappa shape index (κ1) is 22.4. The van der Waals surface area contributed by atoms with E-state index >= 15 is 4.39 Å². The largest absolute Gasteiger partial charge is 0.295 e. The first-order valence-corrected chi connectivity index (χ1v) is 10.1. The smallest absolute Gasteiger partial charge is 0.160 e. The average molecular weight is 399 g/mol. The molecule has 0 bridgehead atoms. The Morgan fingerprint density at radius 2 is 1.64 bits per heavy atom. The molecule has 3 heteroatoms. The van der Waals surface area contributed by atoms with Crippen molar-refractivity contribution in [3.8, 4) is 0 Å². The highest BCUT2D eigenvalue weighted by atomic mass is 32.1. The Bertz CT molecular complexity index is 900. The van der Waals surface area contributed by atoms with Crippen molar-refractivity contribution in [2.45, 2.75) is 65.3 Å². The van der Waals surface area contributed by atoms with Crippen molar-refractivity contribution in [2.75, 3.05) is 0 Å². The number of ketones is 1. The van der Waals surface area contributed by atoms with E-state index in [2.05, 4.69) is 6.07 Å². The van der Waals surface area contributed by atoms with Gasteiger partial charge in [0, 0.05) is 5.56 Å². The zero-order chi connectivity index (χ0) is 21.3. The van der Waals surface area contributed by atoms with Crippen molar-refractivity contribution < 1.29 is 9.18 Å². The monoisotopic (exact) mass is 398 g/mol. The van der Waals surface area contributed by atoms with Crippen LogP contribution in [0.5, 0.6) is 0 Å². The third-order valence-corrected chi connectivity index (χ3v) is 6.40. The lowest BCUT2D eigenvalue weighted by Crippen LogP contribution is -2.40. The number of hydrogen-bond donors (Lipinski definition) is 1. The molecule has 0 aliphatic heterocycles. The molecule has 0 saturated carbocycles. The maximum absolute atomic E-state index is 15.5. The molecule has 0 N–H and O–H groups in total. The first-order chi connectivity index (χ1) is 12.9. The molecular formula is C25H31FOS. The van der Waals surface area contributed by atoms with Crippen LogP contribution in [0.15, 0.2) is 42.5 Å². The average Bonchev–Trinajstić information content (AvgIpc) is 2.57. The molecule has 1 nitrogen and oxygen atoms in total. The van der Waals surface area contributed by atoms with Crippen LogP contribution in [0.25, 0.3) is 5.57 Å². The fourth-order valence-electron chi connectivity index (χ4n) is 3.77. The van der Waals surface area contributed by atoms with Crippen LogP contribution in [0.3, 0.4) is 0 Å². The molecule has 2 aromatic rings. The number of alkyl halides is 1. The molecule has 28 heavy (non-hydrogen) atoms. The summed E-state index contributed by atoms with van der Waals surface area (Å²) in [5.74, 6) is 0.0507. The van der Waals surface area contributed by atoms with Crippen molar-refractivity contribution in [3.05, 3.63) is 75.9 Å². The molecule has 0 heterocycles. The second-order valence-corrected chi connectivity index (χ2v) is 9.05. The minimum atomic E-state index is -1.54. The molecule has 2 rings (SSSR count). The molecule has 0 saturated heterocycles. The minimum Gasteiger partial charge on any atom is -0.295 e. The van der Waals surface area contributed by atoms with Crippen LogP contribution >= 0.6 is 12.6 Å². The molecule has 150 valence electrons. The van der Waals surface area contributed by atoms with Gasteiger partial charge >= 0.3 is 0 Å². The molecule has 1 atom stereocenters. The number of thiol groups is 1. The Balaban J connectivity index is 2.54. The van der Waals surface area contributed by atoms with E-state index in [1.165, 1.54) is 0 Å². The van der Waals surface area contributed by atoms with Crippen molar-refractivity contribution in [1.82, 2.24) is 0 Å². The van der Waals surface area contributed by atoms with Crippen LogP contribution < -0.4 is 0 Å². The fraction of sp³-hybridized carbons (Fsp3) is 0.400. The number of rotatable bonds is 6. The van der Waals surface area contributed by atoms with Crippen molar-refractivity contribution in [3.63, 3.8) is 0 Å². The second-order valence-electron chi connectivity index (χ2n) is 8.29. The van der Waals surface area contributed by atoms with Gasteiger partial charge in [0.15, 0.2) is 5.78 Å². The van der Waals surface area contributed by atoms with Gasteiger partial charge in [-0.15, -0.1) is 0 Å². The molecule has 0 amide bonds. The summed E-state index contributed by atoms with van der Waals surface area (Å²) >= 11 is 4.94. The lowest BCUT2D eigenvalue weighted by molar-refractivity contribution is 0.101. The molecular weight excluding hydrogens is 367 g/mol. The lowest BCUT2D eigenvalue weighted by Gasteiger charge is -2.39. The van der Waals surface area contributed by atoms with Crippen molar-refractivity contribution in [1.29, 1.82) is 0 Å². The Morgan fingerprint density at radius 1 is 1.07 bits per heavy atom. The van der Waals surface area contributed by atoms with Gasteiger partial charge < -0.3 is 0 Å². The molecule has 1 unspecified atom stereocenters. The predicted molar refractivity (Wildman–Crippen MR) is 121 cm³/mol. The van der Waals surface area contributed by atoms with Gasteiger partial charge in [-0.2, -0.15) is 12.6 Å². The Hall–Kier alpha value is -1.87. The first-order valence-electron chi connectivity index (χ1n) is 9.66. The quantitative estimate of drug-likeness (QED) is 0.403. The Kier molecular flexibility index (Phi) is 6.60. The number of halogens is 1. The molecule has 0 fully saturated rings. The molecule has 0 aromatic heterocycles. The van der Waals surface area contributed by atoms with Crippen LogP contribution in [0.2, 0.25) is 0 Å². The zero-order valence-corrected chi connectivity index (χ0v) is 18.9. The van der Waals surface area contributed by atoms with E-state index in [-0.39, 0.29) is 5.78 Å².